The van der Waals surface area contributed by atoms with Crippen molar-refractivity contribution >= 4 is 35.1 Å². The number of halogens is 1. The van der Waals surface area contributed by atoms with Gasteiger partial charge in [-0.25, -0.2) is 0 Å². The van der Waals surface area contributed by atoms with Crippen molar-refractivity contribution in [2.45, 2.75) is 9.89 Å². The molecule has 0 saturated heterocycles. The maximum Gasteiger partial charge on any atom is 0.157 e. The minimum absolute atomic E-state index is 0.661. The van der Waals surface area contributed by atoms with E-state index in [2.05, 4.69) is 48.0 Å². The molecule has 1 heterocycles. The van der Waals surface area contributed by atoms with Gasteiger partial charge < -0.3 is 5.32 Å². The normalized spacial score (nSPS) is 20.7. The lowest BCUT2D eigenvalue weighted by atomic mass is 9.99. The van der Waals surface area contributed by atoms with Crippen LogP contribution in [0.1, 0.15) is 11.1 Å². The van der Waals surface area contributed by atoms with E-state index in [4.69, 9.17) is 11.6 Å². The Hall–Kier alpha value is -1.38. The molecule has 1 aliphatic rings. The number of alkyl halides is 1. The third-order valence-corrected chi connectivity index (χ3v) is 4.46. The Morgan fingerprint density at radius 2 is 1.79 bits per heavy atom. The van der Waals surface area contributed by atoms with Gasteiger partial charge in [-0.15, -0.1) is 11.8 Å². The number of para-hydroxylation sites is 1. The van der Waals surface area contributed by atoms with Crippen LogP contribution in [0.2, 0.25) is 0 Å². The van der Waals surface area contributed by atoms with Gasteiger partial charge in [0.2, 0.25) is 0 Å². The maximum atomic E-state index is 6.72. The number of anilines is 1. The van der Waals surface area contributed by atoms with Crippen LogP contribution in [-0.2, 0) is 5.00 Å². The fourth-order valence-corrected chi connectivity index (χ4v) is 2.90. The SMILES string of the molecule is CSc1ccc(C2(Cl)C=Cc3ccccc3N2)cc1. The highest BCUT2D eigenvalue weighted by Crippen LogP contribution is 2.38. The molecule has 0 aliphatic carbocycles. The van der Waals surface area contributed by atoms with Crippen LogP contribution in [0.15, 0.2) is 59.5 Å². The molecule has 1 N–H and O–H groups in total. The molecule has 96 valence electrons. The number of thioether (sulfide) groups is 1. The zero-order valence-corrected chi connectivity index (χ0v) is 12.1. The summed E-state index contributed by atoms with van der Waals surface area (Å²) in [5.74, 6) is 0. The molecule has 19 heavy (non-hydrogen) atoms. The Labute approximate surface area is 122 Å². The van der Waals surface area contributed by atoms with Gasteiger partial charge in [-0.05, 0) is 41.7 Å². The first-order valence-corrected chi connectivity index (χ1v) is 7.71. The van der Waals surface area contributed by atoms with E-state index in [1.165, 1.54) is 10.5 Å². The second-order valence-corrected chi connectivity index (χ2v) is 5.96. The average Bonchev–Trinajstić information content (AvgIpc) is 2.47. The number of benzene rings is 2. The van der Waals surface area contributed by atoms with E-state index < -0.39 is 5.00 Å². The molecule has 1 nitrogen and oxygen atoms in total. The summed E-state index contributed by atoms with van der Waals surface area (Å²) in [5, 5.41) is 3.40. The lowest BCUT2D eigenvalue weighted by molar-refractivity contribution is 0.876. The first-order chi connectivity index (χ1) is 9.21. The molecule has 0 aromatic heterocycles. The zero-order valence-electron chi connectivity index (χ0n) is 10.6. The Morgan fingerprint density at radius 1 is 1.05 bits per heavy atom. The van der Waals surface area contributed by atoms with Crippen LogP contribution < -0.4 is 5.32 Å². The minimum Gasteiger partial charge on any atom is -0.359 e. The predicted molar refractivity (Wildman–Crippen MR) is 84.9 cm³/mol. The lowest BCUT2D eigenvalue weighted by Crippen LogP contribution is -2.28. The Morgan fingerprint density at radius 3 is 2.53 bits per heavy atom. The molecule has 0 bridgehead atoms. The van der Waals surface area contributed by atoms with Crippen LogP contribution >= 0.6 is 23.4 Å². The van der Waals surface area contributed by atoms with Gasteiger partial charge in [0.1, 0.15) is 0 Å². The van der Waals surface area contributed by atoms with Crippen molar-refractivity contribution in [3.8, 4) is 0 Å². The van der Waals surface area contributed by atoms with Crippen molar-refractivity contribution in [1.82, 2.24) is 0 Å². The Bertz CT molecular complexity index is 621. The van der Waals surface area contributed by atoms with Gasteiger partial charge in [0.25, 0.3) is 0 Å². The van der Waals surface area contributed by atoms with Crippen LogP contribution in [0.5, 0.6) is 0 Å². The summed E-state index contributed by atoms with van der Waals surface area (Å²) in [7, 11) is 0. The van der Waals surface area contributed by atoms with Gasteiger partial charge in [0.05, 0.1) is 0 Å². The molecule has 2 aromatic carbocycles. The van der Waals surface area contributed by atoms with Crippen molar-refractivity contribution in [3.05, 3.63) is 65.7 Å². The molecule has 2 aromatic rings. The van der Waals surface area contributed by atoms with E-state index >= 15 is 0 Å². The van der Waals surface area contributed by atoms with Crippen molar-refractivity contribution in [2.75, 3.05) is 11.6 Å². The summed E-state index contributed by atoms with van der Waals surface area (Å²) in [6.45, 7) is 0. The number of nitrogens with one attached hydrogen (secondary N) is 1. The van der Waals surface area contributed by atoms with Gasteiger partial charge in [-0.2, -0.15) is 0 Å². The van der Waals surface area contributed by atoms with Crippen LogP contribution in [0.3, 0.4) is 0 Å². The maximum absolute atomic E-state index is 6.72. The first-order valence-electron chi connectivity index (χ1n) is 6.11. The highest BCUT2D eigenvalue weighted by atomic mass is 35.5. The van der Waals surface area contributed by atoms with Crippen molar-refractivity contribution in [1.29, 1.82) is 0 Å². The largest absolute Gasteiger partial charge is 0.359 e. The molecule has 1 aliphatic heterocycles. The standard InChI is InChI=1S/C16H14ClNS/c1-19-14-8-6-13(7-9-14)16(17)11-10-12-4-2-3-5-15(12)18-16/h2-11,18H,1H3. The Balaban J connectivity index is 1.97. The number of hydrogen-bond acceptors (Lipinski definition) is 2. The summed E-state index contributed by atoms with van der Waals surface area (Å²) in [4.78, 5) is 0.579. The molecule has 1 atom stereocenters. The van der Waals surface area contributed by atoms with E-state index in [-0.39, 0.29) is 0 Å². The predicted octanol–water partition coefficient (Wildman–Crippen LogP) is 4.94. The molecule has 3 heteroatoms. The van der Waals surface area contributed by atoms with Gasteiger partial charge in [-0.3, -0.25) is 0 Å². The van der Waals surface area contributed by atoms with Crippen LogP contribution in [0.25, 0.3) is 6.08 Å². The van der Waals surface area contributed by atoms with Gasteiger partial charge in [0.15, 0.2) is 5.00 Å². The highest BCUT2D eigenvalue weighted by Gasteiger charge is 2.29. The molecular weight excluding hydrogens is 274 g/mol. The number of fused-ring (bicyclic) bond motifs is 1. The summed E-state index contributed by atoms with van der Waals surface area (Å²) < 4.78 is 0. The average molecular weight is 288 g/mol. The molecular formula is C16H14ClNS. The molecule has 0 fully saturated rings. The number of hydrogen-bond donors (Lipinski definition) is 1. The van der Waals surface area contributed by atoms with Crippen LogP contribution in [-0.4, -0.2) is 6.26 Å². The highest BCUT2D eigenvalue weighted by molar-refractivity contribution is 7.98. The van der Waals surface area contributed by atoms with Crippen molar-refractivity contribution in [2.24, 2.45) is 0 Å². The monoisotopic (exact) mass is 287 g/mol. The number of rotatable bonds is 2. The van der Waals surface area contributed by atoms with Crippen molar-refractivity contribution < 1.29 is 0 Å². The van der Waals surface area contributed by atoms with E-state index in [1.54, 1.807) is 11.8 Å². The van der Waals surface area contributed by atoms with Gasteiger partial charge in [0, 0.05) is 10.6 Å². The van der Waals surface area contributed by atoms with Gasteiger partial charge >= 0.3 is 0 Å². The van der Waals surface area contributed by atoms with E-state index in [1.807, 2.05) is 24.3 Å². The summed E-state index contributed by atoms with van der Waals surface area (Å²) in [6.07, 6.45) is 6.15. The fourth-order valence-electron chi connectivity index (χ4n) is 2.20. The summed E-state index contributed by atoms with van der Waals surface area (Å²) in [5.41, 5.74) is 3.28. The van der Waals surface area contributed by atoms with E-state index in [0.29, 0.717) is 0 Å². The minimum atomic E-state index is -0.661. The second-order valence-electron chi connectivity index (χ2n) is 4.49. The first kappa shape index (κ1) is 12.6. The molecule has 0 spiro atoms. The molecule has 3 rings (SSSR count). The molecule has 0 saturated carbocycles. The smallest absolute Gasteiger partial charge is 0.157 e. The summed E-state index contributed by atoms with van der Waals surface area (Å²) in [6, 6.07) is 16.5. The third-order valence-electron chi connectivity index (χ3n) is 3.28. The third kappa shape index (κ3) is 2.38. The Kier molecular flexibility index (Phi) is 3.29. The van der Waals surface area contributed by atoms with Crippen molar-refractivity contribution in [3.63, 3.8) is 0 Å². The summed E-state index contributed by atoms with van der Waals surface area (Å²) >= 11 is 8.45. The van der Waals surface area contributed by atoms with Crippen LogP contribution in [0.4, 0.5) is 5.69 Å². The topological polar surface area (TPSA) is 12.0 Å². The van der Waals surface area contributed by atoms with Gasteiger partial charge in [-0.1, -0.05) is 48.0 Å². The quantitative estimate of drug-likeness (QED) is 0.477. The fraction of sp³-hybridized carbons (Fsp3) is 0.125. The van der Waals surface area contributed by atoms with Crippen LogP contribution in [0, 0.1) is 0 Å². The molecule has 1 unspecified atom stereocenters. The zero-order chi connectivity index (χ0) is 13.3. The molecule has 0 amide bonds. The van der Waals surface area contributed by atoms with E-state index in [0.717, 1.165) is 11.3 Å². The molecule has 0 radical (unpaired) electrons. The second kappa shape index (κ2) is 4.95. The lowest BCUT2D eigenvalue weighted by Gasteiger charge is -2.31. The van der Waals surface area contributed by atoms with E-state index in [9.17, 15) is 0 Å².